The molecule has 1 amide bonds. The SMILES string of the molecule is Cc1cc(C(=O)NCC2CCN(c3nccnc3C#N)CC2)no1. The van der Waals surface area contributed by atoms with Crippen molar-refractivity contribution in [3.05, 3.63) is 35.6 Å². The van der Waals surface area contributed by atoms with Crippen LogP contribution in [0.25, 0.3) is 0 Å². The van der Waals surface area contributed by atoms with Gasteiger partial charge in [0.15, 0.2) is 17.2 Å². The molecule has 1 aliphatic rings. The van der Waals surface area contributed by atoms with Gasteiger partial charge in [-0.25, -0.2) is 9.97 Å². The third-order valence-electron chi connectivity index (χ3n) is 4.11. The zero-order valence-electron chi connectivity index (χ0n) is 13.4. The molecule has 0 unspecified atom stereocenters. The lowest BCUT2D eigenvalue weighted by Gasteiger charge is -2.32. The molecule has 1 fully saturated rings. The average molecular weight is 326 g/mol. The van der Waals surface area contributed by atoms with Crippen molar-refractivity contribution in [3.63, 3.8) is 0 Å². The van der Waals surface area contributed by atoms with Crippen molar-refractivity contribution in [1.82, 2.24) is 20.4 Å². The smallest absolute Gasteiger partial charge is 0.273 e. The second-order valence-corrected chi connectivity index (χ2v) is 5.80. The quantitative estimate of drug-likeness (QED) is 0.901. The molecule has 24 heavy (non-hydrogen) atoms. The number of hydrogen-bond donors (Lipinski definition) is 1. The Kier molecular flexibility index (Phi) is 4.70. The number of carbonyl (C=O) groups excluding carboxylic acids is 1. The van der Waals surface area contributed by atoms with E-state index in [4.69, 9.17) is 9.78 Å². The monoisotopic (exact) mass is 326 g/mol. The van der Waals surface area contributed by atoms with Gasteiger partial charge in [0.1, 0.15) is 11.8 Å². The van der Waals surface area contributed by atoms with E-state index in [1.807, 2.05) is 0 Å². The summed E-state index contributed by atoms with van der Waals surface area (Å²) < 4.78 is 4.91. The molecule has 1 aliphatic heterocycles. The highest BCUT2D eigenvalue weighted by atomic mass is 16.5. The topological polar surface area (TPSA) is 108 Å². The standard InChI is InChI=1S/C16H18N6O2/c1-11-8-13(21-24-11)16(23)20-10-12-2-6-22(7-3-12)15-14(9-17)18-4-5-19-15/h4-5,8,12H,2-3,6-7,10H2,1H3,(H,20,23). The summed E-state index contributed by atoms with van der Waals surface area (Å²) in [4.78, 5) is 22.4. The van der Waals surface area contributed by atoms with Crippen LogP contribution < -0.4 is 10.2 Å². The highest BCUT2D eigenvalue weighted by Crippen LogP contribution is 2.22. The molecule has 0 spiro atoms. The van der Waals surface area contributed by atoms with Gasteiger partial charge in [0.2, 0.25) is 0 Å². The summed E-state index contributed by atoms with van der Waals surface area (Å²) in [6.07, 6.45) is 4.96. The van der Waals surface area contributed by atoms with Gasteiger partial charge >= 0.3 is 0 Å². The van der Waals surface area contributed by atoms with Crippen LogP contribution in [0.4, 0.5) is 5.82 Å². The first kappa shape index (κ1) is 15.9. The summed E-state index contributed by atoms with van der Waals surface area (Å²) in [5.41, 5.74) is 0.661. The molecule has 2 aromatic rings. The van der Waals surface area contributed by atoms with E-state index in [2.05, 4.69) is 31.4 Å². The fourth-order valence-corrected chi connectivity index (χ4v) is 2.79. The molecule has 0 atom stereocenters. The summed E-state index contributed by atoms with van der Waals surface area (Å²) in [6.45, 7) is 3.93. The Morgan fingerprint density at radius 2 is 2.17 bits per heavy atom. The van der Waals surface area contributed by atoms with Crippen LogP contribution in [0.5, 0.6) is 0 Å². The maximum atomic E-state index is 12.0. The summed E-state index contributed by atoms with van der Waals surface area (Å²) in [5.74, 6) is 1.43. The molecule has 0 aliphatic carbocycles. The van der Waals surface area contributed by atoms with Gasteiger partial charge in [0.25, 0.3) is 5.91 Å². The van der Waals surface area contributed by atoms with E-state index in [1.54, 1.807) is 19.2 Å². The maximum Gasteiger partial charge on any atom is 0.273 e. The van der Waals surface area contributed by atoms with Crippen molar-refractivity contribution < 1.29 is 9.32 Å². The molecule has 0 bridgehead atoms. The van der Waals surface area contributed by atoms with Gasteiger partial charge in [-0.15, -0.1) is 0 Å². The van der Waals surface area contributed by atoms with Gasteiger partial charge in [-0.2, -0.15) is 5.26 Å². The number of piperidine rings is 1. The number of nitrogens with zero attached hydrogens (tertiary/aromatic N) is 5. The number of hydrogen-bond acceptors (Lipinski definition) is 7. The average Bonchev–Trinajstić information content (AvgIpc) is 3.06. The summed E-state index contributed by atoms with van der Waals surface area (Å²) in [5, 5.41) is 15.7. The van der Waals surface area contributed by atoms with Crippen LogP contribution in [0.3, 0.4) is 0 Å². The third-order valence-corrected chi connectivity index (χ3v) is 4.11. The van der Waals surface area contributed by atoms with Crippen LogP contribution in [0, 0.1) is 24.2 Å². The van der Waals surface area contributed by atoms with Crippen LogP contribution in [0.2, 0.25) is 0 Å². The van der Waals surface area contributed by atoms with Gasteiger partial charge in [0.05, 0.1) is 0 Å². The largest absolute Gasteiger partial charge is 0.361 e. The Labute approximate surface area is 139 Å². The number of amides is 1. The molecule has 8 nitrogen and oxygen atoms in total. The van der Waals surface area contributed by atoms with E-state index in [0.717, 1.165) is 25.9 Å². The number of nitrogens with one attached hydrogen (secondary N) is 1. The zero-order valence-corrected chi connectivity index (χ0v) is 13.4. The first-order valence-corrected chi connectivity index (χ1v) is 7.85. The van der Waals surface area contributed by atoms with Crippen LogP contribution in [0.1, 0.15) is 34.8 Å². The van der Waals surface area contributed by atoms with Gasteiger partial charge < -0.3 is 14.7 Å². The summed E-state index contributed by atoms with van der Waals surface area (Å²) >= 11 is 0. The van der Waals surface area contributed by atoms with Crippen molar-refractivity contribution >= 4 is 11.7 Å². The van der Waals surface area contributed by atoms with E-state index in [-0.39, 0.29) is 5.91 Å². The van der Waals surface area contributed by atoms with Crippen molar-refractivity contribution in [3.8, 4) is 6.07 Å². The van der Waals surface area contributed by atoms with E-state index >= 15 is 0 Å². The Morgan fingerprint density at radius 1 is 1.42 bits per heavy atom. The predicted octanol–water partition coefficient (Wildman–Crippen LogP) is 1.29. The minimum atomic E-state index is -0.213. The molecule has 124 valence electrons. The Balaban J connectivity index is 1.50. The van der Waals surface area contributed by atoms with E-state index in [0.29, 0.717) is 35.4 Å². The minimum absolute atomic E-state index is 0.213. The number of carbonyl (C=O) groups is 1. The highest BCUT2D eigenvalue weighted by Gasteiger charge is 2.23. The number of aryl methyl sites for hydroxylation is 1. The molecule has 8 heteroatoms. The van der Waals surface area contributed by atoms with Crippen molar-refractivity contribution in [2.24, 2.45) is 5.92 Å². The molecule has 3 heterocycles. The predicted molar refractivity (Wildman–Crippen MR) is 85.3 cm³/mol. The second kappa shape index (κ2) is 7.08. The molecule has 0 aromatic carbocycles. The Bertz CT molecular complexity index is 758. The molecular weight excluding hydrogens is 308 g/mol. The maximum absolute atomic E-state index is 12.0. The molecule has 1 N–H and O–H groups in total. The lowest BCUT2D eigenvalue weighted by Crippen LogP contribution is -2.39. The van der Waals surface area contributed by atoms with Crippen LogP contribution >= 0.6 is 0 Å². The molecule has 1 saturated heterocycles. The van der Waals surface area contributed by atoms with Crippen molar-refractivity contribution in [2.75, 3.05) is 24.5 Å². The van der Waals surface area contributed by atoms with Gasteiger partial charge in [0, 0.05) is 38.1 Å². The Hall–Kier alpha value is -2.95. The zero-order chi connectivity index (χ0) is 16.9. The van der Waals surface area contributed by atoms with Gasteiger partial charge in [-0.1, -0.05) is 5.16 Å². The first-order chi connectivity index (χ1) is 11.7. The fourth-order valence-electron chi connectivity index (χ4n) is 2.79. The first-order valence-electron chi connectivity index (χ1n) is 7.85. The van der Waals surface area contributed by atoms with Crippen LogP contribution in [-0.4, -0.2) is 40.7 Å². The minimum Gasteiger partial charge on any atom is -0.361 e. The summed E-state index contributed by atoms with van der Waals surface area (Å²) in [6, 6.07) is 3.70. The van der Waals surface area contributed by atoms with E-state index in [1.165, 1.54) is 6.20 Å². The lowest BCUT2D eigenvalue weighted by atomic mass is 9.96. The number of nitriles is 1. The fraction of sp³-hybridized carbons (Fsp3) is 0.438. The third kappa shape index (κ3) is 3.51. The van der Waals surface area contributed by atoms with Crippen LogP contribution in [0.15, 0.2) is 23.0 Å². The number of aromatic nitrogens is 3. The van der Waals surface area contributed by atoms with Gasteiger partial charge in [-0.3, -0.25) is 4.79 Å². The van der Waals surface area contributed by atoms with Crippen molar-refractivity contribution in [1.29, 1.82) is 5.26 Å². The van der Waals surface area contributed by atoms with E-state index in [9.17, 15) is 4.79 Å². The molecular formula is C16H18N6O2. The molecule has 3 rings (SSSR count). The van der Waals surface area contributed by atoms with Crippen molar-refractivity contribution in [2.45, 2.75) is 19.8 Å². The number of anilines is 1. The second-order valence-electron chi connectivity index (χ2n) is 5.80. The van der Waals surface area contributed by atoms with E-state index < -0.39 is 0 Å². The molecule has 2 aromatic heterocycles. The highest BCUT2D eigenvalue weighted by molar-refractivity contribution is 5.92. The molecule has 0 radical (unpaired) electrons. The lowest BCUT2D eigenvalue weighted by molar-refractivity contribution is 0.0935. The Morgan fingerprint density at radius 3 is 2.83 bits per heavy atom. The van der Waals surface area contributed by atoms with Gasteiger partial charge in [-0.05, 0) is 25.7 Å². The van der Waals surface area contributed by atoms with Crippen LogP contribution in [-0.2, 0) is 0 Å². The normalized spacial score (nSPS) is 15.1. The summed E-state index contributed by atoms with van der Waals surface area (Å²) in [7, 11) is 0. The number of rotatable bonds is 4. The molecule has 0 saturated carbocycles.